The van der Waals surface area contributed by atoms with Gasteiger partial charge in [-0.05, 0) is 43.4 Å². The molecule has 2 heteroatoms. The summed E-state index contributed by atoms with van der Waals surface area (Å²) >= 11 is 0. The minimum atomic E-state index is 0.00548. The van der Waals surface area contributed by atoms with Crippen LogP contribution in [0.1, 0.15) is 120 Å². The Labute approximate surface area is 174 Å². The van der Waals surface area contributed by atoms with Crippen LogP contribution >= 0.6 is 0 Å². The van der Waals surface area contributed by atoms with E-state index in [1.807, 2.05) is 0 Å². The number of rotatable bonds is 16. The molecule has 160 valence electrons. The topological polar surface area (TPSA) is 29.1 Å². The summed E-state index contributed by atoms with van der Waals surface area (Å²) < 4.78 is 0. The second kappa shape index (κ2) is 15.6. The van der Waals surface area contributed by atoms with Crippen molar-refractivity contribution in [1.82, 2.24) is 0 Å². The molecule has 0 saturated carbocycles. The lowest BCUT2D eigenvalue weighted by Gasteiger charge is -2.13. The number of amides is 1. The first-order valence-corrected chi connectivity index (χ1v) is 11.9. The van der Waals surface area contributed by atoms with E-state index in [0.717, 1.165) is 12.1 Å². The van der Waals surface area contributed by atoms with Crippen molar-refractivity contribution in [3.8, 4) is 0 Å². The molecule has 0 bridgehead atoms. The van der Waals surface area contributed by atoms with E-state index in [9.17, 15) is 4.79 Å². The summed E-state index contributed by atoms with van der Waals surface area (Å²) in [6.45, 7) is 8.04. The minimum Gasteiger partial charge on any atom is -0.326 e. The first-order chi connectivity index (χ1) is 13.5. The van der Waals surface area contributed by atoms with E-state index in [0.29, 0.717) is 0 Å². The zero-order valence-corrected chi connectivity index (χ0v) is 19.2. The van der Waals surface area contributed by atoms with E-state index in [-0.39, 0.29) is 5.91 Å². The van der Waals surface area contributed by atoms with Gasteiger partial charge in [-0.25, -0.2) is 0 Å². The van der Waals surface area contributed by atoms with Crippen molar-refractivity contribution in [2.75, 3.05) is 5.32 Å². The molecule has 1 N–H and O–H groups in total. The maximum Gasteiger partial charge on any atom is 0.221 e. The van der Waals surface area contributed by atoms with Gasteiger partial charge in [0.15, 0.2) is 0 Å². The molecule has 0 aliphatic carbocycles. The van der Waals surface area contributed by atoms with Crippen LogP contribution in [0.25, 0.3) is 0 Å². The summed E-state index contributed by atoms with van der Waals surface area (Å²) in [5.74, 6) is 0.00548. The molecule has 1 rings (SSSR count). The van der Waals surface area contributed by atoms with Crippen molar-refractivity contribution in [3.63, 3.8) is 0 Å². The highest BCUT2D eigenvalue weighted by Gasteiger charge is 2.06. The van der Waals surface area contributed by atoms with Crippen molar-refractivity contribution in [2.24, 2.45) is 0 Å². The normalized spacial score (nSPS) is 11.0. The first kappa shape index (κ1) is 24.7. The fourth-order valence-corrected chi connectivity index (χ4v) is 4.09. The lowest BCUT2D eigenvalue weighted by Crippen LogP contribution is -2.09. The van der Waals surface area contributed by atoms with Crippen LogP contribution in [0.4, 0.5) is 5.69 Å². The Hall–Kier alpha value is -1.31. The number of carbonyl (C=O) groups excluding carboxylic acids is 1. The Morgan fingerprint density at radius 1 is 0.714 bits per heavy atom. The van der Waals surface area contributed by atoms with Crippen molar-refractivity contribution in [1.29, 1.82) is 0 Å². The fraction of sp³-hybridized carbons (Fsp3) is 0.731. The van der Waals surface area contributed by atoms with Crippen molar-refractivity contribution in [3.05, 3.63) is 28.8 Å². The van der Waals surface area contributed by atoms with Gasteiger partial charge in [0.1, 0.15) is 0 Å². The summed E-state index contributed by atoms with van der Waals surface area (Å²) in [5.41, 5.74) is 4.74. The average Bonchev–Trinajstić information content (AvgIpc) is 2.65. The maximum absolute atomic E-state index is 11.3. The van der Waals surface area contributed by atoms with E-state index < -0.39 is 0 Å². The largest absolute Gasteiger partial charge is 0.326 e. The van der Waals surface area contributed by atoms with Crippen LogP contribution in [0.2, 0.25) is 0 Å². The zero-order chi connectivity index (χ0) is 20.6. The van der Waals surface area contributed by atoms with Gasteiger partial charge in [0.2, 0.25) is 5.91 Å². The minimum absolute atomic E-state index is 0.00548. The van der Waals surface area contributed by atoms with Gasteiger partial charge < -0.3 is 5.32 Å². The van der Waals surface area contributed by atoms with Crippen molar-refractivity contribution < 1.29 is 4.79 Å². The van der Waals surface area contributed by atoms with E-state index >= 15 is 0 Å². The van der Waals surface area contributed by atoms with Gasteiger partial charge in [-0.3, -0.25) is 4.79 Å². The van der Waals surface area contributed by atoms with Gasteiger partial charge in [0.25, 0.3) is 0 Å². The maximum atomic E-state index is 11.3. The average molecular weight is 388 g/mol. The van der Waals surface area contributed by atoms with Crippen LogP contribution in [-0.4, -0.2) is 5.91 Å². The molecule has 0 fully saturated rings. The number of carbonyl (C=O) groups is 1. The summed E-state index contributed by atoms with van der Waals surface area (Å²) in [4.78, 5) is 11.3. The molecule has 0 aliphatic rings. The van der Waals surface area contributed by atoms with Gasteiger partial charge in [-0.15, -0.1) is 0 Å². The lowest BCUT2D eigenvalue weighted by atomic mass is 9.99. The second-order valence-corrected chi connectivity index (χ2v) is 8.63. The van der Waals surface area contributed by atoms with Crippen LogP contribution in [0.15, 0.2) is 12.1 Å². The molecular weight excluding hydrogens is 342 g/mol. The Kier molecular flexibility index (Phi) is 13.8. The summed E-state index contributed by atoms with van der Waals surface area (Å²) in [7, 11) is 0. The van der Waals surface area contributed by atoms with Crippen LogP contribution < -0.4 is 5.32 Å². The Balaban J connectivity index is 2.02. The van der Waals surface area contributed by atoms with E-state index in [1.165, 1.54) is 107 Å². The monoisotopic (exact) mass is 387 g/mol. The zero-order valence-electron chi connectivity index (χ0n) is 19.2. The molecular formula is C26H45NO. The summed E-state index contributed by atoms with van der Waals surface area (Å²) in [5, 5.41) is 2.95. The predicted octanol–water partition coefficient (Wildman–Crippen LogP) is 8.29. The third kappa shape index (κ3) is 11.5. The van der Waals surface area contributed by atoms with Crippen LogP contribution in [0.3, 0.4) is 0 Å². The third-order valence-corrected chi connectivity index (χ3v) is 5.71. The number of hydrogen-bond acceptors (Lipinski definition) is 1. The lowest BCUT2D eigenvalue weighted by molar-refractivity contribution is -0.114. The summed E-state index contributed by atoms with van der Waals surface area (Å²) in [6.07, 6.45) is 20.8. The predicted molar refractivity (Wildman–Crippen MR) is 124 cm³/mol. The van der Waals surface area contributed by atoms with Gasteiger partial charge in [0.05, 0.1) is 0 Å². The highest BCUT2D eigenvalue weighted by atomic mass is 16.1. The van der Waals surface area contributed by atoms with E-state index in [4.69, 9.17) is 0 Å². The number of benzene rings is 1. The number of nitrogens with one attached hydrogen (secondary N) is 1. The van der Waals surface area contributed by atoms with E-state index in [1.54, 1.807) is 6.92 Å². The van der Waals surface area contributed by atoms with Gasteiger partial charge in [-0.1, -0.05) is 103 Å². The van der Waals surface area contributed by atoms with Gasteiger partial charge >= 0.3 is 0 Å². The quantitative estimate of drug-likeness (QED) is 0.284. The molecule has 0 heterocycles. The number of anilines is 1. The molecule has 28 heavy (non-hydrogen) atoms. The van der Waals surface area contributed by atoms with Crippen LogP contribution in [-0.2, 0) is 11.2 Å². The van der Waals surface area contributed by atoms with Crippen LogP contribution in [0, 0.1) is 13.8 Å². The molecule has 1 amide bonds. The number of aryl methyl sites for hydroxylation is 3. The SMILES string of the molecule is CCCCCCCCCCCCCCCCc1cc(C)c(NC(C)=O)c(C)c1. The summed E-state index contributed by atoms with van der Waals surface area (Å²) in [6, 6.07) is 4.47. The molecule has 0 aliphatic heterocycles. The van der Waals surface area contributed by atoms with Crippen molar-refractivity contribution >= 4 is 11.6 Å². The van der Waals surface area contributed by atoms with Gasteiger partial charge in [0, 0.05) is 12.6 Å². The first-order valence-electron chi connectivity index (χ1n) is 11.9. The molecule has 1 aromatic carbocycles. The van der Waals surface area contributed by atoms with Crippen molar-refractivity contribution in [2.45, 2.75) is 124 Å². The Morgan fingerprint density at radius 3 is 1.50 bits per heavy atom. The molecule has 0 spiro atoms. The van der Waals surface area contributed by atoms with E-state index in [2.05, 4.69) is 38.2 Å². The molecule has 1 aromatic rings. The number of unbranched alkanes of at least 4 members (excludes halogenated alkanes) is 13. The molecule has 0 unspecified atom stereocenters. The smallest absolute Gasteiger partial charge is 0.221 e. The Morgan fingerprint density at radius 2 is 1.11 bits per heavy atom. The molecule has 0 atom stereocenters. The third-order valence-electron chi connectivity index (χ3n) is 5.71. The molecule has 0 radical (unpaired) electrons. The Bertz CT molecular complexity index is 526. The highest BCUT2D eigenvalue weighted by molar-refractivity contribution is 5.90. The molecule has 2 nitrogen and oxygen atoms in total. The number of hydrogen-bond donors (Lipinski definition) is 1. The van der Waals surface area contributed by atoms with Gasteiger partial charge in [-0.2, -0.15) is 0 Å². The second-order valence-electron chi connectivity index (χ2n) is 8.63. The standard InChI is InChI=1S/C26H45NO/c1-5-6-7-8-9-10-11-12-13-14-15-16-17-18-19-25-20-22(2)26(23(3)21-25)27-24(4)28/h20-21H,5-19H2,1-4H3,(H,27,28). The molecule has 0 saturated heterocycles. The van der Waals surface area contributed by atoms with Crippen LogP contribution in [0.5, 0.6) is 0 Å². The highest BCUT2D eigenvalue weighted by Crippen LogP contribution is 2.23. The molecule has 0 aromatic heterocycles. The fourth-order valence-electron chi connectivity index (χ4n) is 4.09.